The maximum Gasteiger partial charge on any atom is 0.415 e. The van der Waals surface area contributed by atoms with Gasteiger partial charge in [-0.05, 0) is 67.1 Å². The fraction of sp³-hybridized carbons (Fsp3) is 0.382. The number of Topliss-reactive ketones (excluding diaryl/α,β-unsaturated/α-hetero) is 1. The zero-order valence-corrected chi connectivity index (χ0v) is 26.5. The Morgan fingerprint density at radius 3 is 2.58 bits per heavy atom. The van der Waals surface area contributed by atoms with Crippen molar-refractivity contribution in [3.05, 3.63) is 83.9 Å². The quantitative estimate of drug-likeness (QED) is 0.185. The number of carbonyl (C=O) groups excluding carboxylic acids is 3. The normalized spacial score (nSPS) is 17.6. The lowest BCUT2D eigenvalue weighted by molar-refractivity contribution is -0.129. The summed E-state index contributed by atoms with van der Waals surface area (Å²) < 4.78 is 18.6. The smallest absolute Gasteiger partial charge is 0.415 e. The first kappa shape index (κ1) is 32.3. The monoisotopic (exact) mass is 633 g/mol. The van der Waals surface area contributed by atoms with Gasteiger partial charge >= 0.3 is 6.09 Å². The van der Waals surface area contributed by atoms with E-state index in [1.165, 1.54) is 23.8 Å². The number of rotatable bonds is 14. The van der Waals surface area contributed by atoms with Crippen LogP contribution in [0.4, 0.5) is 10.5 Å². The van der Waals surface area contributed by atoms with Crippen molar-refractivity contribution in [2.75, 3.05) is 31.3 Å². The van der Waals surface area contributed by atoms with Gasteiger partial charge in [0.05, 0.1) is 18.7 Å². The Morgan fingerprint density at radius 2 is 1.82 bits per heavy atom. The molecule has 10 nitrogen and oxygen atoms in total. The number of aliphatic hydroxyl groups excluding tert-OH is 1. The molecule has 2 amide bonds. The van der Waals surface area contributed by atoms with Crippen molar-refractivity contribution >= 4 is 35.4 Å². The number of ketones is 1. The van der Waals surface area contributed by atoms with E-state index in [-0.39, 0.29) is 25.7 Å². The number of amides is 2. The minimum Gasteiger partial charge on any atom is -0.454 e. The molecular weight excluding hydrogens is 594 g/mol. The summed E-state index contributed by atoms with van der Waals surface area (Å²) in [7, 11) is 0. The van der Waals surface area contributed by atoms with Crippen LogP contribution >= 0.6 is 11.9 Å². The first-order chi connectivity index (χ1) is 21.7. The van der Waals surface area contributed by atoms with Crippen LogP contribution in [0.3, 0.4) is 0 Å². The van der Waals surface area contributed by atoms with Gasteiger partial charge in [0, 0.05) is 29.2 Å². The molecule has 2 aliphatic heterocycles. The summed E-state index contributed by atoms with van der Waals surface area (Å²) in [6.45, 7) is 6.91. The molecule has 2 aliphatic rings. The molecule has 4 atom stereocenters. The van der Waals surface area contributed by atoms with Crippen LogP contribution < -0.4 is 19.7 Å². The first-order valence-electron chi connectivity index (χ1n) is 15.1. The third-order valence-electron chi connectivity index (χ3n) is 7.94. The van der Waals surface area contributed by atoms with Crippen LogP contribution in [0.1, 0.15) is 43.1 Å². The summed E-state index contributed by atoms with van der Waals surface area (Å²) in [6.07, 6.45) is -1.35. The fourth-order valence-electron chi connectivity index (χ4n) is 5.17. The third kappa shape index (κ3) is 8.36. The second-order valence-corrected chi connectivity index (χ2v) is 12.6. The van der Waals surface area contributed by atoms with E-state index in [2.05, 4.69) is 23.5 Å². The van der Waals surface area contributed by atoms with Gasteiger partial charge in [-0.2, -0.15) is 0 Å². The van der Waals surface area contributed by atoms with Crippen LogP contribution in [-0.2, 0) is 16.0 Å². The van der Waals surface area contributed by atoms with Crippen LogP contribution in [-0.4, -0.2) is 71.9 Å². The molecule has 0 saturated carbocycles. The lowest BCUT2D eigenvalue weighted by Crippen LogP contribution is -2.52. The predicted octanol–water partition coefficient (Wildman–Crippen LogP) is 5.09. The molecule has 11 heteroatoms. The highest BCUT2D eigenvalue weighted by Crippen LogP contribution is 2.37. The van der Waals surface area contributed by atoms with Crippen molar-refractivity contribution in [2.24, 2.45) is 5.92 Å². The second-order valence-electron chi connectivity index (χ2n) is 11.4. The molecule has 0 radical (unpaired) electrons. The minimum atomic E-state index is -1.08. The van der Waals surface area contributed by atoms with Gasteiger partial charge in [-0.3, -0.25) is 14.5 Å². The van der Waals surface area contributed by atoms with Crippen molar-refractivity contribution < 1.29 is 33.7 Å². The van der Waals surface area contributed by atoms with Gasteiger partial charge in [0.15, 0.2) is 23.4 Å². The highest BCUT2D eigenvalue weighted by atomic mass is 32.2. The van der Waals surface area contributed by atoms with E-state index >= 15 is 0 Å². The van der Waals surface area contributed by atoms with E-state index < -0.39 is 30.3 Å². The molecule has 45 heavy (non-hydrogen) atoms. The maximum absolute atomic E-state index is 13.5. The Morgan fingerprint density at radius 1 is 1.04 bits per heavy atom. The van der Waals surface area contributed by atoms with Gasteiger partial charge in [0.1, 0.15) is 0 Å². The third-order valence-corrected chi connectivity index (χ3v) is 8.96. The molecule has 2 heterocycles. The summed E-state index contributed by atoms with van der Waals surface area (Å²) in [5, 5.41) is 14.6. The molecule has 0 spiro atoms. The molecule has 1 saturated heterocycles. The molecule has 2 N–H and O–H groups in total. The number of nitrogens with one attached hydrogen (secondary N) is 1. The topological polar surface area (TPSA) is 118 Å². The Labute approximate surface area is 267 Å². The van der Waals surface area contributed by atoms with Crippen molar-refractivity contribution in [3.63, 3.8) is 0 Å². The average Bonchev–Trinajstić information content (AvgIpc) is 3.67. The lowest BCUT2D eigenvalue weighted by atomic mass is 10.0. The lowest BCUT2D eigenvalue weighted by Gasteiger charge is -2.31. The molecule has 0 aliphatic carbocycles. The summed E-state index contributed by atoms with van der Waals surface area (Å²) in [5.74, 6) is 1.13. The first-order valence-corrected chi connectivity index (χ1v) is 15.9. The van der Waals surface area contributed by atoms with Crippen molar-refractivity contribution in [1.29, 1.82) is 0 Å². The minimum absolute atomic E-state index is 0.0136. The number of fused-ring (bicyclic) bond motifs is 1. The van der Waals surface area contributed by atoms with Crippen LogP contribution in [0.5, 0.6) is 11.5 Å². The zero-order valence-electron chi connectivity index (χ0n) is 25.7. The van der Waals surface area contributed by atoms with Crippen LogP contribution in [0.15, 0.2) is 77.7 Å². The standard InChI is InChI=1S/C34H39N3O7S/c1-4-22(2)18-36(45-27-13-14-30-31(17-27)43-21-42-30)19-29(39)28(15-24-9-6-5-7-10-24)35-33(40)32-20-37(34(41)44-32)26-12-8-11-25(16-26)23(3)38/h5-14,16-17,22,28-29,32,39H,4,15,18-21H2,1-3H3,(H,35,40). The Balaban J connectivity index is 1.30. The number of benzene rings is 3. The van der Waals surface area contributed by atoms with Gasteiger partial charge in [-0.25, -0.2) is 9.10 Å². The maximum atomic E-state index is 13.5. The van der Waals surface area contributed by atoms with Gasteiger partial charge in [-0.1, -0.05) is 62.7 Å². The Bertz CT molecular complexity index is 1500. The van der Waals surface area contributed by atoms with E-state index in [0.29, 0.717) is 41.6 Å². The Kier molecular flexibility index (Phi) is 10.6. The number of cyclic esters (lactones) is 1. The molecule has 1 fully saturated rings. The van der Waals surface area contributed by atoms with Gasteiger partial charge in [-0.15, -0.1) is 0 Å². The number of hydrogen-bond donors (Lipinski definition) is 2. The van der Waals surface area contributed by atoms with Gasteiger partial charge < -0.3 is 24.6 Å². The number of nitrogens with zero attached hydrogens (tertiary/aromatic N) is 2. The van der Waals surface area contributed by atoms with E-state index in [4.69, 9.17) is 14.2 Å². The number of hydrogen-bond acceptors (Lipinski definition) is 9. The van der Waals surface area contributed by atoms with Crippen molar-refractivity contribution in [2.45, 2.75) is 56.8 Å². The average molecular weight is 634 g/mol. The number of anilines is 1. The van der Waals surface area contributed by atoms with E-state index in [9.17, 15) is 19.5 Å². The van der Waals surface area contributed by atoms with E-state index in [1.54, 1.807) is 24.3 Å². The highest BCUT2D eigenvalue weighted by Gasteiger charge is 2.39. The molecule has 3 aromatic carbocycles. The molecule has 5 rings (SSSR count). The van der Waals surface area contributed by atoms with Crippen molar-refractivity contribution in [1.82, 2.24) is 9.62 Å². The largest absolute Gasteiger partial charge is 0.454 e. The summed E-state index contributed by atoms with van der Waals surface area (Å²) >= 11 is 1.52. The van der Waals surface area contributed by atoms with Crippen LogP contribution in [0.2, 0.25) is 0 Å². The van der Waals surface area contributed by atoms with E-state index in [0.717, 1.165) is 16.9 Å². The fourth-order valence-corrected chi connectivity index (χ4v) is 6.32. The number of carbonyl (C=O) groups is 3. The van der Waals surface area contributed by atoms with E-state index in [1.807, 2.05) is 48.5 Å². The SMILES string of the molecule is CCC(C)CN(CC(O)C(Cc1ccccc1)NC(=O)C1CN(c2cccc(C(C)=O)c2)C(=O)O1)Sc1ccc2c(c1)OCO2. The Hall–Kier alpha value is -4.06. The summed E-state index contributed by atoms with van der Waals surface area (Å²) in [4.78, 5) is 40.5. The summed E-state index contributed by atoms with van der Waals surface area (Å²) in [6, 6.07) is 21.4. The predicted molar refractivity (Wildman–Crippen MR) is 172 cm³/mol. The second kappa shape index (κ2) is 14.8. The molecule has 238 valence electrons. The molecule has 0 aromatic heterocycles. The molecule has 4 unspecified atom stereocenters. The van der Waals surface area contributed by atoms with Crippen molar-refractivity contribution in [3.8, 4) is 11.5 Å². The molecule has 3 aromatic rings. The highest BCUT2D eigenvalue weighted by molar-refractivity contribution is 7.97. The molecule has 0 bridgehead atoms. The van der Waals surface area contributed by atoms with Gasteiger partial charge in [0.25, 0.3) is 5.91 Å². The zero-order chi connectivity index (χ0) is 31.9. The number of ether oxygens (including phenoxy) is 3. The summed E-state index contributed by atoms with van der Waals surface area (Å²) in [5.41, 5.74) is 1.88. The van der Waals surface area contributed by atoms with Crippen LogP contribution in [0.25, 0.3) is 0 Å². The van der Waals surface area contributed by atoms with Gasteiger partial charge in [0.2, 0.25) is 6.79 Å². The number of aliphatic hydroxyl groups is 1. The molecular formula is C34H39N3O7S. The van der Waals surface area contributed by atoms with Crippen LogP contribution in [0, 0.1) is 5.92 Å².